The van der Waals surface area contributed by atoms with Gasteiger partial charge in [-0.15, -0.1) is 0 Å². The highest BCUT2D eigenvalue weighted by Gasteiger charge is 2.07. The maximum absolute atomic E-state index is 6.14. The van der Waals surface area contributed by atoms with Gasteiger partial charge >= 0.3 is 0 Å². The van der Waals surface area contributed by atoms with Gasteiger partial charge in [0.15, 0.2) is 0 Å². The van der Waals surface area contributed by atoms with Gasteiger partial charge in [0.2, 0.25) is 0 Å². The van der Waals surface area contributed by atoms with Crippen LogP contribution in [-0.2, 0) is 13.0 Å². The minimum atomic E-state index is 0.694. The third-order valence-electron chi connectivity index (χ3n) is 5.91. The summed E-state index contributed by atoms with van der Waals surface area (Å²) in [5.74, 6) is 1.98. The number of fused-ring (bicyclic) bond motifs is 1. The Balaban J connectivity index is 1.14. The molecule has 0 spiro atoms. The topological polar surface area (TPSA) is 54.9 Å². The summed E-state index contributed by atoms with van der Waals surface area (Å²) < 4.78 is 11.6. The number of rotatable bonds is 11. The molecule has 0 fully saturated rings. The van der Waals surface area contributed by atoms with Crippen molar-refractivity contribution in [3.63, 3.8) is 0 Å². The monoisotopic (exact) mass is 482 g/mol. The lowest BCUT2D eigenvalue weighted by molar-refractivity contribution is 0.300. The number of aryl methyl sites for hydroxylation is 3. The first kappa shape index (κ1) is 23.7. The maximum Gasteiger partial charge on any atom is 0.119 e. The highest BCUT2D eigenvalue weighted by atomic mass is 35.5. The molecule has 2 heterocycles. The molecule has 7 heteroatoms. The summed E-state index contributed by atoms with van der Waals surface area (Å²) in [6.45, 7) is 8.80. The number of aromatic amines is 1. The van der Waals surface area contributed by atoms with E-state index in [1.807, 2.05) is 30.3 Å². The number of nitrogens with one attached hydrogen (secondary N) is 2. The summed E-state index contributed by atoms with van der Waals surface area (Å²) >= 11 is 7.80. The molecule has 0 radical (unpaired) electrons. The molecule has 0 atom stereocenters. The van der Waals surface area contributed by atoms with Crippen LogP contribution in [-0.4, -0.2) is 27.7 Å². The molecule has 4 rings (SSSR count). The second-order valence-electron chi connectivity index (χ2n) is 8.26. The molecule has 0 amide bonds. The van der Waals surface area contributed by atoms with Crippen LogP contribution in [0.5, 0.6) is 5.75 Å². The molecule has 0 unspecified atom stereocenters. The summed E-state index contributed by atoms with van der Waals surface area (Å²) in [7, 11) is 0. The SMILES string of the molecule is Cc1nc(C)n(CCCOc2ccc(SNCCCc3c[nH]c4ccc(Cl)cc34)cc2)c1C. The fraction of sp³-hybridized carbons (Fsp3) is 0.346. The highest BCUT2D eigenvalue weighted by molar-refractivity contribution is 7.97. The van der Waals surface area contributed by atoms with Crippen molar-refractivity contribution in [1.82, 2.24) is 19.3 Å². The van der Waals surface area contributed by atoms with Crippen LogP contribution in [0.25, 0.3) is 10.9 Å². The second kappa shape index (κ2) is 11.1. The first-order chi connectivity index (χ1) is 16.0. The third kappa shape index (κ3) is 6.14. The normalized spacial score (nSPS) is 11.4. The van der Waals surface area contributed by atoms with Crippen molar-refractivity contribution in [1.29, 1.82) is 0 Å². The molecule has 0 aliphatic heterocycles. The van der Waals surface area contributed by atoms with E-state index in [1.165, 1.54) is 21.5 Å². The molecule has 4 aromatic rings. The molecule has 0 bridgehead atoms. The summed E-state index contributed by atoms with van der Waals surface area (Å²) in [4.78, 5) is 9.03. The quantitative estimate of drug-likeness (QED) is 0.186. The van der Waals surface area contributed by atoms with Crippen molar-refractivity contribution in [2.75, 3.05) is 13.2 Å². The van der Waals surface area contributed by atoms with Crippen molar-refractivity contribution in [2.45, 2.75) is 51.5 Å². The Morgan fingerprint density at radius 2 is 1.91 bits per heavy atom. The molecule has 2 aromatic carbocycles. The molecule has 2 N–H and O–H groups in total. The average molecular weight is 483 g/mol. The molecule has 33 heavy (non-hydrogen) atoms. The van der Waals surface area contributed by atoms with E-state index in [-0.39, 0.29) is 0 Å². The second-order valence-corrected chi connectivity index (χ2v) is 9.66. The number of halogens is 1. The molecule has 0 saturated heterocycles. The standard InChI is InChI=1S/C26H31ClN4OS/c1-18-19(2)31(20(3)30-18)14-5-15-32-23-8-10-24(11-9-23)33-29-13-4-6-21-17-28-26-12-7-22(27)16-25(21)26/h7-12,16-17,28-29H,4-6,13-15H2,1-3H3. The molecule has 2 aromatic heterocycles. The molecular formula is C26H31ClN4OS. The summed E-state index contributed by atoms with van der Waals surface area (Å²) in [6.07, 6.45) is 5.12. The minimum Gasteiger partial charge on any atom is -0.494 e. The summed E-state index contributed by atoms with van der Waals surface area (Å²) in [6, 6.07) is 14.3. The average Bonchev–Trinajstić information content (AvgIpc) is 3.31. The Morgan fingerprint density at radius 3 is 2.67 bits per heavy atom. The van der Waals surface area contributed by atoms with E-state index in [2.05, 4.69) is 58.4 Å². The Labute approximate surface area is 205 Å². The van der Waals surface area contributed by atoms with Crippen LogP contribution >= 0.6 is 23.5 Å². The predicted molar refractivity (Wildman–Crippen MR) is 138 cm³/mol. The zero-order valence-corrected chi connectivity index (χ0v) is 21.0. The van der Waals surface area contributed by atoms with Crippen LogP contribution in [0.1, 0.15) is 35.6 Å². The van der Waals surface area contributed by atoms with Crippen LogP contribution in [0, 0.1) is 20.8 Å². The number of ether oxygens (including phenoxy) is 1. The first-order valence-corrected chi connectivity index (χ1v) is 12.6. The lowest BCUT2D eigenvalue weighted by Gasteiger charge is -2.10. The van der Waals surface area contributed by atoms with Gasteiger partial charge in [-0.05, 0) is 100 Å². The number of nitrogens with zero attached hydrogens (tertiary/aromatic N) is 2. The van der Waals surface area contributed by atoms with Gasteiger partial charge in [0.05, 0.1) is 12.3 Å². The third-order valence-corrected chi connectivity index (χ3v) is 7.00. The van der Waals surface area contributed by atoms with Crippen molar-refractivity contribution in [3.05, 3.63) is 76.5 Å². The molecule has 0 saturated carbocycles. The fourth-order valence-electron chi connectivity index (χ4n) is 4.01. The minimum absolute atomic E-state index is 0.694. The Kier molecular flexibility index (Phi) is 8.02. The number of imidazole rings is 1. The Hall–Kier alpha value is -2.41. The highest BCUT2D eigenvalue weighted by Crippen LogP contribution is 2.24. The van der Waals surface area contributed by atoms with E-state index in [0.29, 0.717) is 6.61 Å². The largest absolute Gasteiger partial charge is 0.494 e. The fourth-order valence-corrected chi connectivity index (χ4v) is 4.87. The van der Waals surface area contributed by atoms with Gasteiger partial charge < -0.3 is 14.3 Å². The predicted octanol–water partition coefficient (Wildman–Crippen LogP) is 6.64. The van der Waals surface area contributed by atoms with Gasteiger partial charge in [-0.1, -0.05) is 11.6 Å². The maximum atomic E-state index is 6.14. The van der Waals surface area contributed by atoms with Crippen LogP contribution in [0.4, 0.5) is 0 Å². The molecule has 174 valence electrons. The molecular weight excluding hydrogens is 452 g/mol. The molecule has 5 nitrogen and oxygen atoms in total. The van der Waals surface area contributed by atoms with Gasteiger partial charge in [-0.2, -0.15) is 0 Å². The van der Waals surface area contributed by atoms with Crippen molar-refractivity contribution < 1.29 is 4.74 Å². The van der Waals surface area contributed by atoms with E-state index in [0.717, 1.165) is 60.2 Å². The van der Waals surface area contributed by atoms with E-state index in [9.17, 15) is 0 Å². The van der Waals surface area contributed by atoms with Crippen LogP contribution in [0.2, 0.25) is 5.02 Å². The smallest absolute Gasteiger partial charge is 0.119 e. The Morgan fingerprint density at radius 1 is 1.09 bits per heavy atom. The van der Waals surface area contributed by atoms with E-state index in [4.69, 9.17) is 16.3 Å². The number of benzene rings is 2. The van der Waals surface area contributed by atoms with E-state index in [1.54, 1.807) is 11.9 Å². The molecule has 0 aliphatic carbocycles. The summed E-state index contributed by atoms with van der Waals surface area (Å²) in [5, 5.41) is 2.00. The van der Waals surface area contributed by atoms with Gasteiger partial charge in [0, 0.05) is 45.8 Å². The van der Waals surface area contributed by atoms with Crippen LogP contribution < -0.4 is 9.46 Å². The summed E-state index contributed by atoms with van der Waals surface area (Å²) in [5.41, 5.74) is 4.81. The van der Waals surface area contributed by atoms with E-state index < -0.39 is 0 Å². The first-order valence-electron chi connectivity index (χ1n) is 11.4. The Bertz CT molecular complexity index is 1200. The van der Waals surface area contributed by atoms with Crippen molar-refractivity contribution in [3.8, 4) is 5.75 Å². The van der Waals surface area contributed by atoms with Gasteiger partial charge in [0.25, 0.3) is 0 Å². The number of hydrogen-bond acceptors (Lipinski definition) is 4. The zero-order chi connectivity index (χ0) is 23.2. The lowest BCUT2D eigenvalue weighted by Crippen LogP contribution is -2.07. The lowest BCUT2D eigenvalue weighted by atomic mass is 10.1. The van der Waals surface area contributed by atoms with Crippen LogP contribution in [0.3, 0.4) is 0 Å². The molecule has 0 aliphatic rings. The van der Waals surface area contributed by atoms with Crippen molar-refractivity contribution >= 4 is 34.5 Å². The van der Waals surface area contributed by atoms with Crippen molar-refractivity contribution in [2.24, 2.45) is 0 Å². The number of hydrogen-bond donors (Lipinski definition) is 2. The van der Waals surface area contributed by atoms with Gasteiger partial charge in [-0.25, -0.2) is 4.98 Å². The zero-order valence-electron chi connectivity index (χ0n) is 19.5. The van der Waals surface area contributed by atoms with E-state index >= 15 is 0 Å². The number of H-pyrrole nitrogens is 1. The number of aromatic nitrogens is 3. The van der Waals surface area contributed by atoms with Gasteiger partial charge in [0.1, 0.15) is 11.6 Å². The van der Waals surface area contributed by atoms with Crippen LogP contribution in [0.15, 0.2) is 53.6 Å². The van der Waals surface area contributed by atoms with Gasteiger partial charge in [-0.3, -0.25) is 4.72 Å².